The van der Waals surface area contributed by atoms with Gasteiger partial charge >= 0.3 is 0 Å². The molecule has 0 saturated carbocycles. The lowest BCUT2D eigenvalue weighted by molar-refractivity contribution is -0.248. The molecule has 0 aromatic heterocycles. The molecule has 0 rings (SSSR count). The second kappa shape index (κ2) is 13.2. The minimum absolute atomic E-state index is 0.392. The molecule has 0 N–H and O–H groups in total. The van der Waals surface area contributed by atoms with E-state index in [1.54, 1.807) is 0 Å². The van der Waals surface area contributed by atoms with E-state index in [1.165, 1.54) is 12.5 Å². The molecule has 0 unspecified atom stereocenters. The van der Waals surface area contributed by atoms with Crippen molar-refractivity contribution in [2.24, 2.45) is 0 Å². The first-order valence-electron chi connectivity index (χ1n) is 6.69. The van der Waals surface area contributed by atoms with Gasteiger partial charge in [0.25, 0.3) is 6.48 Å². The van der Waals surface area contributed by atoms with Crippen LogP contribution in [0.15, 0.2) is 0 Å². The fourth-order valence-electron chi connectivity index (χ4n) is 1.12. The Morgan fingerprint density at radius 1 is 0.875 bits per heavy atom. The van der Waals surface area contributed by atoms with Crippen molar-refractivity contribution >= 4 is 9.76 Å². The van der Waals surface area contributed by atoms with Crippen LogP contribution in [0.3, 0.4) is 0 Å². The predicted octanol–water partition coefficient (Wildman–Crippen LogP) is 2.83. The maximum Gasteiger partial charge on any atom is 0.261 e. The quantitative estimate of drug-likeness (QED) is 0.302. The van der Waals surface area contributed by atoms with E-state index >= 15 is 0 Å². The first-order chi connectivity index (χ1) is 7.85. The zero-order valence-corrected chi connectivity index (χ0v) is 12.6. The van der Waals surface area contributed by atoms with E-state index in [2.05, 4.69) is 20.8 Å². The van der Waals surface area contributed by atoms with Crippen molar-refractivity contribution in [2.45, 2.75) is 65.4 Å². The van der Waals surface area contributed by atoms with Gasteiger partial charge in [-0.25, -0.2) is 0 Å². The number of unbranched alkanes of at least 4 members (excludes halogenated alkanes) is 2. The lowest BCUT2D eigenvalue weighted by Crippen LogP contribution is -2.24. The van der Waals surface area contributed by atoms with Gasteiger partial charge in [-0.15, -0.1) is 0 Å². The molecule has 0 amide bonds. The molecule has 0 fully saturated rings. The van der Waals surface area contributed by atoms with Crippen LogP contribution in [0.2, 0.25) is 6.04 Å². The summed E-state index contributed by atoms with van der Waals surface area (Å²) >= 11 is 0. The lowest BCUT2D eigenvalue weighted by Gasteiger charge is -2.18. The SMILES string of the molecule is CCCCOC(OCCCC)O[SiH2]CCC. The Bertz CT molecular complexity index is 110. The summed E-state index contributed by atoms with van der Waals surface area (Å²) in [7, 11) is -0.455. The van der Waals surface area contributed by atoms with Gasteiger partial charge in [0.1, 0.15) is 0 Å². The third-order valence-electron chi connectivity index (χ3n) is 2.26. The van der Waals surface area contributed by atoms with Gasteiger partial charge in [0, 0.05) is 0 Å². The zero-order valence-electron chi connectivity index (χ0n) is 11.2. The van der Waals surface area contributed by atoms with E-state index in [0.717, 1.165) is 38.9 Å². The number of hydrogen-bond acceptors (Lipinski definition) is 3. The van der Waals surface area contributed by atoms with E-state index in [-0.39, 0.29) is 0 Å². The average Bonchev–Trinajstić information content (AvgIpc) is 2.29. The third-order valence-corrected chi connectivity index (χ3v) is 3.76. The normalized spacial score (nSPS) is 12.0. The van der Waals surface area contributed by atoms with Crippen LogP contribution in [0.5, 0.6) is 0 Å². The number of ether oxygens (including phenoxy) is 2. The Balaban J connectivity index is 3.58. The van der Waals surface area contributed by atoms with Crippen LogP contribution in [0.25, 0.3) is 0 Å². The van der Waals surface area contributed by atoms with Crippen molar-refractivity contribution in [1.29, 1.82) is 0 Å². The highest BCUT2D eigenvalue weighted by molar-refractivity contribution is 6.26. The molecule has 0 aromatic rings. The Morgan fingerprint density at radius 3 is 1.88 bits per heavy atom. The van der Waals surface area contributed by atoms with Crippen LogP contribution < -0.4 is 0 Å². The summed E-state index contributed by atoms with van der Waals surface area (Å²) in [4.78, 5) is 0. The lowest BCUT2D eigenvalue weighted by atomic mass is 10.4. The Labute approximate surface area is 103 Å². The predicted molar refractivity (Wildman–Crippen MR) is 70.2 cm³/mol. The Morgan fingerprint density at radius 2 is 1.44 bits per heavy atom. The summed E-state index contributed by atoms with van der Waals surface area (Å²) < 4.78 is 16.8. The highest BCUT2D eigenvalue weighted by atomic mass is 28.2. The van der Waals surface area contributed by atoms with Crippen molar-refractivity contribution in [1.82, 2.24) is 0 Å². The van der Waals surface area contributed by atoms with Crippen LogP contribution in [-0.4, -0.2) is 29.5 Å². The first-order valence-corrected chi connectivity index (χ1v) is 8.27. The van der Waals surface area contributed by atoms with Crippen LogP contribution in [0.4, 0.5) is 0 Å². The molecule has 4 heteroatoms. The standard InChI is InChI=1S/C12H28O3Si/c1-4-7-9-13-12(14-10-8-5-2)15-16-11-6-3/h12H,4-11,16H2,1-3H3. The van der Waals surface area contributed by atoms with Crippen LogP contribution in [0.1, 0.15) is 52.9 Å². The molecule has 0 aliphatic rings. The molecule has 98 valence electrons. The molecular formula is C12H28O3Si. The van der Waals surface area contributed by atoms with Gasteiger partial charge in [-0.3, -0.25) is 0 Å². The fraction of sp³-hybridized carbons (Fsp3) is 1.00. The number of hydrogen-bond donors (Lipinski definition) is 0. The Hall–Kier alpha value is 0.0969. The minimum atomic E-state index is -0.455. The smallest absolute Gasteiger partial charge is 0.261 e. The highest BCUT2D eigenvalue weighted by Gasteiger charge is 2.08. The van der Waals surface area contributed by atoms with E-state index in [9.17, 15) is 0 Å². The number of rotatable bonds is 12. The molecule has 0 aliphatic heterocycles. The molecule has 0 spiro atoms. The van der Waals surface area contributed by atoms with Crippen LogP contribution in [-0.2, 0) is 13.9 Å². The van der Waals surface area contributed by atoms with Gasteiger partial charge in [-0.05, 0) is 18.9 Å². The largest absolute Gasteiger partial charge is 0.379 e. The van der Waals surface area contributed by atoms with Gasteiger partial charge in [0.15, 0.2) is 9.76 Å². The van der Waals surface area contributed by atoms with E-state index in [1.807, 2.05) is 0 Å². The fourth-order valence-corrected chi connectivity index (χ4v) is 1.96. The van der Waals surface area contributed by atoms with Gasteiger partial charge in [0.05, 0.1) is 13.2 Å². The van der Waals surface area contributed by atoms with E-state index in [0.29, 0.717) is 0 Å². The minimum Gasteiger partial charge on any atom is -0.379 e. The van der Waals surface area contributed by atoms with Gasteiger partial charge in [-0.2, -0.15) is 0 Å². The maximum atomic E-state index is 5.67. The third kappa shape index (κ3) is 10.6. The van der Waals surface area contributed by atoms with Crippen molar-refractivity contribution in [3.8, 4) is 0 Å². The summed E-state index contributed by atoms with van der Waals surface area (Å²) in [5, 5.41) is 0. The van der Waals surface area contributed by atoms with Crippen molar-refractivity contribution in [3.05, 3.63) is 0 Å². The zero-order chi connectivity index (χ0) is 12.1. The maximum absolute atomic E-state index is 5.67. The molecule has 0 heterocycles. The molecule has 0 radical (unpaired) electrons. The molecule has 3 nitrogen and oxygen atoms in total. The summed E-state index contributed by atoms with van der Waals surface area (Å²) in [6.07, 6.45) is 5.64. The Kier molecular flexibility index (Phi) is 13.2. The molecular weight excluding hydrogens is 220 g/mol. The molecule has 0 atom stereocenters. The van der Waals surface area contributed by atoms with Crippen molar-refractivity contribution < 1.29 is 13.9 Å². The first kappa shape index (κ1) is 16.1. The van der Waals surface area contributed by atoms with Crippen LogP contribution >= 0.6 is 0 Å². The molecule has 0 aromatic carbocycles. The topological polar surface area (TPSA) is 27.7 Å². The van der Waals surface area contributed by atoms with E-state index in [4.69, 9.17) is 13.9 Å². The molecule has 16 heavy (non-hydrogen) atoms. The second-order valence-corrected chi connectivity index (χ2v) is 5.41. The van der Waals surface area contributed by atoms with Crippen molar-refractivity contribution in [3.63, 3.8) is 0 Å². The second-order valence-electron chi connectivity index (χ2n) is 3.96. The molecule has 0 bridgehead atoms. The van der Waals surface area contributed by atoms with Gasteiger partial charge in [-0.1, -0.05) is 40.0 Å². The average molecular weight is 248 g/mol. The summed E-state index contributed by atoms with van der Waals surface area (Å²) in [6.45, 7) is 7.59. The van der Waals surface area contributed by atoms with Gasteiger partial charge < -0.3 is 13.9 Å². The molecule has 0 saturated heterocycles. The summed E-state index contributed by atoms with van der Waals surface area (Å²) in [5.41, 5.74) is 0. The van der Waals surface area contributed by atoms with Crippen LogP contribution in [0, 0.1) is 0 Å². The monoisotopic (exact) mass is 248 g/mol. The highest BCUT2D eigenvalue weighted by Crippen LogP contribution is 2.03. The van der Waals surface area contributed by atoms with Crippen molar-refractivity contribution in [2.75, 3.05) is 13.2 Å². The van der Waals surface area contributed by atoms with Gasteiger partial charge in [0.2, 0.25) is 0 Å². The van der Waals surface area contributed by atoms with E-state index < -0.39 is 16.2 Å². The molecule has 0 aliphatic carbocycles. The summed E-state index contributed by atoms with van der Waals surface area (Å²) in [5.74, 6) is 0. The summed E-state index contributed by atoms with van der Waals surface area (Å²) in [6, 6.07) is 1.20.